The number of allylic oxidation sites excluding steroid dienone is 1. The molecule has 3 rings (SSSR count). The Labute approximate surface area is 168 Å². The first kappa shape index (κ1) is 21.6. The molecule has 1 saturated heterocycles. The highest BCUT2D eigenvalue weighted by Gasteiger charge is 2.33. The van der Waals surface area contributed by atoms with Gasteiger partial charge in [-0.3, -0.25) is 4.79 Å². The van der Waals surface area contributed by atoms with E-state index in [9.17, 15) is 18.0 Å². The topological polar surface area (TPSA) is 59.0 Å². The van der Waals surface area contributed by atoms with Crippen LogP contribution in [0.4, 0.5) is 13.2 Å². The zero-order valence-corrected chi connectivity index (χ0v) is 16.2. The van der Waals surface area contributed by atoms with E-state index in [2.05, 4.69) is 0 Å². The second-order valence-corrected chi connectivity index (χ2v) is 7.34. The molecule has 0 unspecified atom stereocenters. The van der Waals surface area contributed by atoms with E-state index in [-0.39, 0.29) is 24.2 Å². The van der Waals surface area contributed by atoms with E-state index in [1.807, 2.05) is 0 Å². The van der Waals surface area contributed by atoms with E-state index in [1.54, 1.807) is 11.0 Å². The summed E-state index contributed by atoms with van der Waals surface area (Å²) in [5.74, 6) is -0.297. The van der Waals surface area contributed by atoms with Gasteiger partial charge in [0.2, 0.25) is 6.29 Å². The SMILES string of the molecule is O=C(C1=C[C@H](c2ccc(C(F)(F)F)cc2)C[C@H](OCCCCO)O1)N1CCCC1. The van der Waals surface area contributed by atoms with Crippen LogP contribution in [0.3, 0.4) is 0 Å². The Kier molecular flexibility index (Phi) is 7.18. The van der Waals surface area contributed by atoms with Crippen LogP contribution in [0.5, 0.6) is 0 Å². The number of aliphatic hydroxyl groups excluding tert-OH is 1. The second kappa shape index (κ2) is 9.63. The van der Waals surface area contributed by atoms with Crippen molar-refractivity contribution >= 4 is 5.91 Å². The number of aliphatic hydroxyl groups is 1. The number of carbonyl (C=O) groups is 1. The molecule has 0 saturated carbocycles. The number of hydrogen-bond acceptors (Lipinski definition) is 4. The molecule has 0 radical (unpaired) electrons. The molecule has 1 amide bonds. The van der Waals surface area contributed by atoms with Gasteiger partial charge in [0.25, 0.3) is 5.91 Å². The van der Waals surface area contributed by atoms with Gasteiger partial charge in [0.15, 0.2) is 5.76 Å². The number of ether oxygens (including phenoxy) is 2. The third kappa shape index (κ3) is 5.73. The number of nitrogens with zero attached hydrogens (tertiary/aromatic N) is 1. The van der Waals surface area contributed by atoms with Gasteiger partial charge in [0, 0.05) is 32.0 Å². The number of rotatable bonds is 7. The van der Waals surface area contributed by atoms with Gasteiger partial charge in [-0.2, -0.15) is 13.2 Å². The Balaban J connectivity index is 1.77. The molecule has 29 heavy (non-hydrogen) atoms. The maximum absolute atomic E-state index is 12.8. The number of halogens is 3. The van der Waals surface area contributed by atoms with Gasteiger partial charge in [-0.05, 0) is 49.5 Å². The van der Waals surface area contributed by atoms with Crippen molar-refractivity contribution in [3.8, 4) is 0 Å². The Bertz CT molecular complexity index is 712. The lowest BCUT2D eigenvalue weighted by Crippen LogP contribution is -2.35. The highest BCUT2D eigenvalue weighted by atomic mass is 19.4. The molecular formula is C21H26F3NO4. The van der Waals surface area contributed by atoms with Gasteiger partial charge in [0.05, 0.1) is 12.2 Å². The summed E-state index contributed by atoms with van der Waals surface area (Å²) in [6.45, 7) is 1.79. The van der Waals surface area contributed by atoms with Crippen LogP contribution < -0.4 is 0 Å². The second-order valence-electron chi connectivity index (χ2n) is 7.34. The Hall–Kier alpha value is -2.06. The summed E-state index contributed by atoms with van der Waals surface area (Å²) in [7, 11) is 0. The molecule has 2 aliphatic rings. The van der Waals surface area contributed by atoms with Crippen LogP contribution in [0, 0.1) is 0 Å². The molecule has 160 valence electrons. The Morgan fingerprint density at radius 3 is 2.48 bits per heavy atom. The smallest absolute Gasteiger partial charge is 0.416 e. The summed E-state index contributed by atoms with van der Waals surface area (Å²) in [6.07, 6.45) is 0.195. The summed E-state index contributed by atoms with van der Waals surface area (Å²) < 4.78 is 50.0. The maximum atomic E-state index is 12.8. The standard InChI is InChI=1S/C21H26F3NO4/c22-21(23,24)17-7-5-15(6-8-17)16-13-18(20(27)25-9-1-2-10-25)29-19(14-16)28-12-4-3-11-26/h5-8,13,16,19,26H,1-4,9-12,14H2/t16-,19+/m0/s1. The Morgan fingerprint density at radius 2 is 1.86 bits per heavy atom. The fourth-order valence-corrected chi connectivity index (χ4v) is 3.57. The lowest BCUT2D eigenvalue weighted by molar-refractivity contribution is -0.152. The van der Waals surface area contributed by atoms with Crippen LogP contribution in [0.15, 0.2) is 36.1 Å². The van der Waals surface area contributed by atoms with Crippen LogP contribution in [-0.2, 0) is 20.4 Å². The van der Waals surface area contributed by atoms with E-state index in [0.717, 1.165) is 25.0 Å². The number of carbonyl (C=O) groups excluding carboxylic acids is 1. The average Bonchev–Trinajstić information content (AvgIpc) is 3.25. The number of hydrogen-bond donors (Lipinski definition) is 1. The lowest BCUT2D eigenvalue weighted by atomic mass is 9.92. The fraction of sp³-hybridized carbons (Fsp3) is 0.571. The molecule has 1 aromatic rings. The number of benzene rings is 1. The van der Waals surface area contributed by atoms with E-state index >= 15 is 0 Å². The molecule has 2 heterocycles. The van der Waals surface area contributed by atoms with E-state index < -0.39 is 18.0 Å². The first-order valence-corrected chi connectivity index (χ1v) is 9.96. The monoisotopic (exact) mass is 413 g/mol. The summed E-state index contributed by atoms with van der Waals surface area (Å²) in [5, 5.41) is 8.88. The van der Waals surface area contributed by atoms with Crippen LogP contribution in [0.25, 0.3) is 0 Å². The molecule has 1 fully saturated rings. The number of alkyl halides is 3. The molecule has 0 aromatic heterocycles. The molecule has 0 bridgehead atoms. The summed E-state index contributed by atoms with van der Waals surface area (Å²) in [6, 6.07) is 4.99. The van der Waals surface area contributed by atoms with Gasteiger partial charge >= 0.3 is 6.18 Å². The molecule has 1 N–H and O–H groups in total. The first-order valence-electron chi connectivity index (χ1n) is 9.96. The van der Waals surface area contributed by atoms with Crippen LogP contribution >= 0.6 is 0 Å². The summed E-state index contributed by atoms with van der Waals surface area (Å²) in [4.78, 5) is 14.5. The number of unbranched alkanes of at least 4 members (excludes halogenated alkanes) is 1. The third-order valence-corrected chi connectivity index (χ3v) is 5.18. The minimum Gasteiger partial charge on any atom is -0.459 e. The molecule has 8 heteroatoms. The first-order chi connectivity index (χ1) is 13.9. The predicted octanol–water partition coefficient (Wildman–Crippen LogP) is 3.83. The molecular weight excluding hydrogens is 387 g/mol. The van der Waals surface area contributed by atoms with E-state index in [0.29, 0.717) is 44.5 Å². The van der Waals surface area contributed by atoms with Crippen molar-refractivity contribution < 1.29 is 32.5 Å². The van der Waals surface area contributed by atoms with Crippen molar-refractivity contribution in [3.05, 3.63) is 47.2 Å². The van der Waals surface area contributed by atoms with Crippen molar-refractivity contribution in [3.63, 3.8) is 0 Å². The minimum absolute atomic E-state index is 0.0711. The molecule has 0 spiro atoms. The van der Waals surface area contributed by atoms with Crippen LogP contribution in [0.1, 0.15) is 49.1 Å². The molecule has 1 aromatic carbocycles. The number of likely N-dealkylation sites (tertiary alicyclic amines) is 1. The molecule has 0 aliphatic carbocycles. The highest BCUT2D eigenvalue weighted by Crippen LogP contribution is 2.35. The van der Waals surface area contributed by atoms with Gasteiger partial charge in [0.1, 0.15) is 0 Å². The minimum atomic E-state index is -4.39. The largest absolute Gasteiger partial charge is 0.459 e. The lowest BCUT2D eigenvalue weighted by Gasteiger charge is -2.31. The van der Waals surface area contributed by atoms with Crippen LogP contribution in [0.2, 0.25) is 0 Å². The fourth-order valence-electron chi connectivity index (χ4n) is 3.57. The number of amides is 1. The highest BCUT2D eigenvalue weighted by molar-refractivity contribution is 5.92. The summed E-state index contributed by atoms with van der Waals surface area (Å²) >= 11 is 0. The van der Waals surface area contributed by atoms with E-state index in [1.165, 1.54) is 12.1 Å². The van der Waals surface area contributed by atoms with Gasteiger partial charge in [-0.1, -0.05) is 12.1 Å². The predicted molar refractivity (Wildman–Crippen MR) is 99.8 cm³/mol. The van der Waals surface area contributed by atoms with Gasteiger partial charge in [-0.25, -0.2) is 0 Å². The molecule has 2 atom stereocenters. The zero-order valence-electron chi connectivity index (χ0n) is 16.2. The molecule has 5 nitrogen and oxygen atoms in total. The van der Waals surface area contributed by atoms with Crippen molar-refractivity contribution in [1.82, 2.24) is 4.90 Å². The third-order valence-electron chi connectivity index (χ3n) is 5.18. The Morgan fingerprint density at radius 1 is 1.17 bits per heavy atom. The quantitative estimate of drug-likeness (QED) is 0.691. The summed E-state index contributed by atoms with van der Waals surface area (Å²) in [5.41, 5.74) is -0.0283. The zero-order chi connectivity index (χ0) is 20.9. The normalized spacial score (nSPS) is 22.3. The van der Waals surface area contributed by atoms with E-state index in [4.69, 9.17) is 14.6 Å². The maximum Gasteiger partial charge on any atom is 0.416 e. The average molecular weight is 413 g/mol. The molecule has 2 aliphatic heterocycles. The van der Waals surface area contributed by atoms with Crippen molar-refractivity contribution in [1.29, 1.82) is 0 Å². The van der Waals surface area contributed by atoms with Crippen molar-refractivity contribution in [2.75, 3.05) is 26.3 Å². The van der Waals surface area contributed by atoms with Crippen molar-refractivity contribution in [2.24, 2.45) is 0 Å². The van der Waals surface area contributed by atoms with Crippen LogP contribution in [-0.4, -0.2) is 48.5 Å². The van der Waals surface area contributed by atoms with Gasteiger partial charge in [-0.15, -0.1) is 0 Å². The van der Waals surface area contributed by atoms with Gasteiger partial charge < -0.3 is 19.5 Å². The van der Waals surface area contributed by atoms with Crippen molar-refractivity contribution in [2.45, 2.75) is 50.5 Å².